The van der Waals surface area contributed by atoms with Crippen LogP contribution in [0.3, 0.4) is 0 Å². The number of para-hydroxylation sites is 1. The van der Waals surface area contributed by atoms with E-state index in [4.69, 9.17) is 0 Å². The van der Waals surface area contributed by atoms with Gasteiger partial charge >= 0.3 is 6.18 Å². The molecule has 0 aliphatic carbocycles. The Morgan fingerprint density at radius 1 is 0.914 bits per heavy atom. The van der Waals surface area contributed by atoms with Gasteiger partial charge in [-0.2, -0.15) is 17.9 Å². The minimum absolute atomic E-state index is 0.0247. The van der Waals surface area contributed by atoms with E-state index in [-0.39, 0.29) is 22.5 Å². The molecular formula is C25H20F3N3O3S. The first-order valence-corrected chi connectivity index (χ1v) is 12.0. The number of carbonyl (C=O) groups is 1. The van der Waals surface area contributed by atoms with E-state index in [0.717, 1.165) is 18.2 Å². The van der Waals surface area contributed by atoms with Crippen molar-refractivity contribution in [3.63, 3.8) is 0 Å². The van der Waals surface area contributed by atoms with Crippen LogP contribution in [0.4, 0.5) is 18.9 Å². The topological polar surface area (TPSA) is 88.2 Å². The molecule has 35 heavy (non-hydrogen) atoms. The Morgan fingerprint density at radius 2 is 1.63 bits per heavy atom. The first-order valence-electron chi connectivity index (χ1n) is 10.5. The molecule has 0 fully saturated rings. The van der Waals surface area contributed by atoms with Crippen LogP contribution in [0.15, 0.2) is 96.0 Å². The highest BCUT2D eigenvalue weighted by Gasteiger charge is 2.31. The summed E-state index contributed by atoms with van der Waals surface area (Å²) in [5, 5.41) is 3.00. The number of fused-ring (bicyclic) bond motifs is 1. The van der Waals surface area contributed by atoms with E-state index >= 15 is 0 Å². The molecule has 0 spiro atoms. The minimum atomic E-state index is -4.59. The minimum Gasteiger partial charge on any atom is -0.325 e. The Morgan fingerprint density at radius 3 is 2.37 bits per heavy atom. The number of nitrogens with one attached hydrogen (secondary N) is 2. The molecule has 1 heterocycles. The van der Waals surface area contributed by atoms with Gasteiger partial charge in [-0.05, 0) is 42.3 Å². The zero-order chi connectivity index (χ0) is 25.1. The van der Waals surface area contributed by atoms with Crippen LogP contribution < -0.4 is 10.0 Å². The quantitative estimate of drug-likeness (QED) is 0.383. The molecule has 3 aromatic carbocycles. The fourth-order valence-electron chi connectivity index (χ4n) is 3.58. The molecular weight excluding hydrogens is 479 g/mol. The predicted molar refractivity (Wildman–Crippen MR) is 126 cm³/mol. The molecule has 0 aliphatic heterocycles. The van der Waals surface area contributed by atoms with E-state index < -0.39 is 33.7 Å². The van der Waals surface area contributed by atoms with Crippen molar-refractivity contribution in [2.45, 2.75) is 23.5 Å². The third-order valence-corrected chi connectivity index (χ3v) is 6.74. The molecule has 2 N–H and O–H groups in total. The molecule has 0 bridgehead atoms. The fraction of sp³-hybridized carbons (Fsp3) is 0.120. The zero-order valence-electron chi connectivity index (χ0n) is 18.2. The Labute approximate surface area is 199 Å². The van der Waals surface area contributed by atoms with Crippen LogP contribution in [0, 0.1) is 0 Å². The highest BCUT2D eigenvalue weighted by molar-refractivity contribution is 7.89. The van der Waals surface area contributed by atoms with E-state index in [9.17, 15) is 26.4 Å². The monoisotopic (exact) mass is 499 g/mol. The lowest BCUT2D eigenvalue weighted by molar-refractivity contribution is -0.137. The van der Waals surface area contributed by atoms with Gasteiger partial charge in [0, 0.05) is 17.3 Å². The number of halogens is 3. The summed E-state index contributed by atoms with van der Waals surface area (Å²) in [6, 6.07) is 19.6. The summed E-state index contributed by atoms with van der Waals surface area (Å²) < 4.78 is 68.3. The number of amides is 1. The number of pyridine rings is 1. The van der Waals surface area contributed by atoms with Crippen molar-refractivity contribution in [1.82, 2.24) is 9.71 Å². The lowest BCUT2D eigenvalue weighted by Crippen LogP contribution is -2.45. The Hall–Kier alpha value is -3.76. The van der Waals surface area contributed by atoms with Crippen LogP contribution in [0.2, 0.25) is 0 Å². The largest absolute Gasteiger partial charge is 0.416 e. The van der Waals surface area contributed by atoms with Gasteiger partial charge in [0.2, 0.25) is 15.9 Å². The fourth-order valence-corrected chi connectivity index (χ4v) is 4.96. The lowest BCUT2D eigenvalue weighted by Gasteiger charge is -2.20. The van der Waals surface area contributed by atoms with E-state index in [0.29, 0.717) is 10.9 Å². The number of carbonyl (C=O) groups excluding carboxylic acids is 1. The van der Waals surface area contributed by atoms with Crippen LogP contribution >= 0.6 is 0 Å². The third kappa shape index (κ3) is 5.84. The first-order chi connectivity index (χ1) is 16.6. The van der Waals surface area contributed by atoms with Gasteiger partial charge < -0.3 is 5.32 Å². The van der Waals surface area contributed by atoms with Gasteiger partial charge in [-0.1, -0.05) is 54.6 Å². The molecule has 0 saturated heterocycles. The van der Waals surface area contributed by atoms with Crippen molar-refractivity contribution in [2.75, 3.05) is 5.32 Å². The maximum Gasteiger partial charge on any atom is 0.416 e. The number of rotatable bonds is 7. The van der Waals surface area contributed by atoms with Crippen molar-refractivity contribution in [1.29, 1.82) is 0 Å². The number of aromatic nitrogens is 1. The second-order valence-electron chi connectivity index (χ2n) is 7.76. The summed E-state index contributed by atoms with van der Waals surface area (Å²) in [7, 11) is -4.23. The predicted octanol–water partition coefficient (Wildman–Crippen LogP) is 4.78. The van der Waals surface area contributed by atoms with Gasteiger partial charge in [0.1, 0.15) is 10.9 Å². The summed E-state index contributed by atoms with van der Waals surface area (Å²) >= 11 is 0. The van der Waals surface area contributed by atoms with Crippen molar-refractivity contribution in [2.24, 2.45) is 0 Å². The SMILES string of the molecule is O=C(Nc1cccc(C(F)(F)F)c1)[C@H](Cc1ccccc1)NS(=O)(=O)c1cccc2cccnc12. The molecule has 4 rings (SSSR count). The third-order valence-electron chi connectivity index (χ3n) is 5.24. The molecule has 0 unspecified atom stereocenters. The lowest BCUT2D eigenvalue weighted by atomic mass is 10.1. The number of hydrogen-bond acceptors (Lipinski definition) is 4. The summed E-state index contributed by atoms with van der Waals surface area (Å²) in [5.41, 5.74) is -0.138. The molecule has 0 aliphatic rings. The smallest absolute Gasteiger partial charge is 0.325 e. The Balaban J connectivity index is 1.66. The van der Waals surface area contributed by atoms with Crippen LogP contribution in [-0.4, -0.2) is 25.4 Å². The van der Waals surface area contributed by atoms with E-state index in [1.165, 1.54) is 18.3 Å². The average Bonchev–Trinajstić information content (AvgIpc) is 2.83. The standard InChI is InChI=1S/C25H20F3N3O3S/c26-25(27,28)19-11-5-12-20(16-19)30-24(32)21(15-17-7-2-1-3-8-17)31-35(33,34)22-13-4-9-18-10-6-14-29-23(18)22/h1-14,16,21,31H,15H2,(H,30,32)/t21-/m0/s1. The van der Waals surface area contributed by atoms with E-state index in [1.54, 1.807) is 54.6 Å². The average molecular weight is 500 g/mol. The summed E-state index contributed by atoms with van der Waals surface area (Å²) in [5.74, 6) is -0.801. The van der Waals surface area contributed by atoms with Crippen molar-refractivity contribution in [3.05, 3.63) is 102 Å². The van der Waals surface area contributed by atoms with Crippen molar-refractivity contribution < 1.29 is 26.4 Å². The highest BCUT2D eigenvalue weighted by Crippen LogP contribution is 2.30. The van der Waals surface area contributed by atoms with Crippen LogP contribution in [0.5, 0.6) is 0 Å². The van der Waals surface area contributed by atoms with Gasteiger partial charge in [-0.15, -0.1) is 0 Å². The molecule has 10 heteroatoms. The zero-order valence-corrected chi connectivity index (χ0v) is 19.0. The maximum absolute atomic E-state index is 13.3. The number of anilines is 1. The van der Waals surface area contributed by atoms with E-state index in [1.807, 2.05) is 0 Å². The van der Waals surface area contributed by atoms with E-state index in [2.05, 4.69) is 15.0 Å². The van der Waals surface area contributed by atoms with Gasteiger partial charge in [0.15, 0.2) is 0 Å². The second-order valence-corrected chi connectivity index (χ2v) is 9.45. The number of benzene rings is 3. The summed E-state index contributed by atoms with van der Waals surface area (Å²) in [4.78, 5) is 17.2. The second kappa shape index (κ2) is 9.85. The normalized spacial score (nSPS) is 12.9. The number of alkyl halides is 3. The molecule has 1 atom stereocenters. The molecule has 0 saturated carbocycles. The summed E-state index contributed by atoms with van der Waals surface area (Å²) in [6.45, 7) is 0. The first kappa shape index (κ1) is 24.4. The number of sulfonamides is 1. The Kier molecular flexibility index (Phi) is 6.86. The van der Waals surface area contributed by atoms with Gasteiger partial charge in [0.05, 0.1) is 11.1 Å². The van der Waals surface area contributed by atoms with Crippen molar-refractivity contribution >= 4 is 32.5 Å². The molecule has 6 nitrogen and oxygen atoms in total. The Bertz CT molecular complexity index is 1450. The number of nitrogens with zero attached hydrogens (tertiary/aromatic N) is 1. The molecule has 1 aromatic heterocycles. The van der Waals surface area contributed by atoms with Crippen LogP contribution in [0.1, 0.15) is 11.1 Å². The van der Waals surface area contributed by atoms with Gasteiger partial charge in [-0.25, -0.2) is 8.42 Å². The van der Waals surface area contributed by atoms with Crippen LogP contribution in [0.25, 0.3) is 10.9 Å². The molecule has 180 valence electrons. The summed E-state index contributed by atoms with van der Waals surface area (Å²) in [6.07, 6.45) is -3.15. The molecule has 4 aromatic rings. The number of hydrogen-bond donors (Lipinski definition) is 2. The highest BCUT2D eigenvalue weighted by atomic mass is 32.2. The molecule has 1 amide bonds. The van der Waals surface area contributed by atoms with Crippen LogP contribution in [-0.2, 0) is 27.4 Å². The maximum atomic E-state index is 13.3. The van der Waals surface area contributed by atoms with Gasteiger partial charge in [0.25, 0.3) is 0 Å². The van der Waals surface area contributed by atoms with Crippen molar-refractivity contribution in [3.8, 4) is 0 Å². The molecule has 0 radical (unpaired) electrons. The van der Waals surface area contributed by atoms with Gasteiger partial charge in [-0.3, -0.25) is 9.78 Å².